The molecule has 0 spiro atoms. The first-order chi connectivity index (χ1) is 12.3. The first kappa shape index (κ1) is 19.8. The molecule has 0 unspecified atom stereocenters. The Morgan fingerprint density at radius 3 is 2.50 bits per heavy atom. The molecule has 1 aliphatic heterocycles. The summed E-state index contributed by atoms with van der Waals surface area (Å²) in [5.41, 5.74) is 1.39. The smallest absolute Gasteiger partial charge is 0.263 e. The molecule has 1 N–H and O–H groups in total. The monoisotopic (exact) mass is 463 g/mol. The largest absolute Gasteiger partial charge is 0.487 e. The Bertz CT molecular complexity index is 947. The number of benzene rings is 2. The molecule has 0 aromatic heterocycles. The van der Waals surface area contributed by atoms with Gasteiger partial charge in [-0.25, -0.2) is 0 Å². The van der Waals surface area contributed by atoms with Gasteiger partial charge in [-0.3, -0.25) is 4.79 Å². The molecule has 3 nitrogen and oxygen atoms in total. The van der Waals surface area contributed by atoms with Crippen LogP contribution in [0, 0.1) is 0 Å². The van der Waals surface area contributed by atoms with Crippen LogP contribution in [0.25, 0.3) is 6.08 Å². The Kier molecular flexibility index (Phi) is 6.38. The number of amides is 1. The third-order valence-electron chi connectivity index (χ3n) is 3.33. The predicted molar refractivity (Wildman–Crippen MR) is 114 cm³/mol. The fraction of sp³-hybridized carbons (Fsp3) is 0.0588. The van der Waals surface area contributed by atoms with Crippen LogP contribution in [0.15, 0.2) is 35.2 Å². The van der Waals surface area contributed by atoms with Crippen molar-refractivity contribution in [1.82, 2.24) is 5.32 Å². The lowest BCUT2D eigenvalue weighted by Crippen LogP contribution is -2.17. The lowest BCUT2D eigenvalue weighted by Gasteiger charge is -2.13. The number of thiocarbonyl (C=S) groups is 1. The van der Waals surface area contributed by atoms with Gasteiger partial charge in [0.25, 0.3) is 5.91 Å². The molecule has 1 amide bonds. The molecule has 1 saturated heterocycles. The lowest BCUT2D eigenvalue weighted by molar-refractivity contribution is -0.115. The average Bonchev–Trinajstić information content (AvgIpc) is 2.87. The molecule has 1 heterocycles. The molecule has 2 aromatic rings. The number of halogens is 4. The van der Waals surface area contributed by atoms with Gasteiger partial charge in [0.2, 0.25) is 0 Å². The molecule has 134 valence electrons. The summed E-state index contributed by atoms with van der Waals surface area (Å²) in [6.07, 6.45) is 1.64. The maximum Gasteiger partial charge on any atom is 0.263 e. The molecule has 3 rings (SSSR count). The van der Waals surface area contributed by atoms with Gasteiger partial charge in [0.1, 0.15) is 16.7 Å². The predicted octanol–water partition coefficient (Wildman–Crippen LogP) is 6.37. The van der Waals surface area contributed by atoms with E-state index in [1.807, 2.05) is 0 Å². The quantitative estimate of drug-likeness (QED) is 0.421. The van der Waals surface area contributed by atoms with E-state index in [1.165, 1.54) is 11.8 Å². The zero-order valence-corrected chi connectivity index (χ0v) is 17.5. The Hall–Kier alpha value is -0.950. The van der Waals surface area contributed by atoms with Crippen molar-refractivity contribution in [2.45, 2.75) is 6.61 Å². The minimum absolute atomic E-state index is 0.214. The first-order valence-corrected chi connectivity index (χ1v) is 9.88. The summed E-state index contributed by atoms with van der Waals surface area (Å²) in [6, 6.07) is 8.44. The van der Waals surface area contributed by atoms with Crippen LogP contribution >= 0.6 is 70.4 Å². The van der Waals surface area contributed by atoms with Gasteiger partial charge in [0, 0.05) is 10.6 Å². The minimum Gasteiger partial charge on any atom is -0.487 e. The zero-order chi connectivity index (χ0) is 18.8. The topological polar surface area (TPSA) is 38.3 Å². The lowest BCUT2D eigenvalue weighted by atomic mass is 10.1. The van der Waals surface area contributed by atoms with Gasteiger partial charge in [-0.1, -0.05) is 76.4 Å². The van der Waals surface area contributed by atoms with E-state index in [1.54, 1.807) is 36.4 Å². The van der Waals surface area contributed by atoms with E-state index >= 15 is 0 Å². The van der Waals surface area contributed by atoms with Crippen molar-refractivity contribution in [1.29, 1.82) is 0 Å². The highest BCUT2D eigenvalue weighted by molar-refractivity contribution is 8.26. The molecular formula is C17H9Cl4NO2S2. The van der Waals surface area contributed by atoms with E-state index in [0.29, 0.717) is 40.6 Å². The molecule has 2 aromatic carbocycles. The second-order valence-electron chi connectivity index (χ2n) is 5.20. The molecule has 1 aliphatic rings. The molecule has 0 aliphatic carbocycles. The molecular weight excluding hydrogens is 456 g/mol. The van der Waals surface area contributed by atoms with Gasteiger partial charge in [-0.05, 0) is 35.9 Å². The molecule has 9 heteroatoms. The summed E-state index contributed by atoms with van der Waals surface area (Å²) in [5, 5.41) is 4.21. The number of rotatable bonds is 4. The SMILES string of the molecule is O=C1NC(=S)S/C1=C/c1cc(Cl)cc(Cl)c1OCc1ccc(Cl)c(Cl)c1. The highest BCUT2D eigenvalue weighted by atomic mass is 35.5. The summed E-state index contributed by atoms with van der Waals surface area (Å²) in [5.74, 6) is 0.132. The van der Waals surface area contributed by atoms with E-state index in [4.69, 9.17) is 63.4 Å². The number of nitrogens with one attached hydrogen (secondary N) is 1. The van der Waals surface area contributed by atoms with E-state index in [9.17, 15) is 4.79 Å². The van der Waals surface area contributed by atoms with Crippen LogP contribution in [0.5, 0.6) is 5.75 Å². The minimum atomic E-state index is -0.272. The van der Waals surface area contributed by atoms with Crippen molar-refractivity contribution >= 4 is 86.7 Å². The number of carbonyl (C=O) groups excluding carboxylic acids is 1. The highest BCUT2D eigenvalue weighted by Gasteiger charge is 2.23. The molecule has 26 heavy (non-hydrogen) atoms. The van der Waals surface area contributed by atoms with Crippen LogP contribution in [-0.2, 0) is 11.4 Å². The van der Waals surface area contributed by atoms with Gasteiger partial charge in [0.05, 0.1) is 20.0 Å². The number of carbonyl (C=O) groups is 1. The van der Waals surface area contributed by atoms with Gasteiger partial charge < -0.3 is 10.1 Å². The average molecular weight is 465 g/mol. The third kappa shape index (κ3) is 4.66. The Balaban J connectivity index is 1.91. The standard InChI is InChI=1S/C17H9Cl4NO2S2/c18-10-4-9(5-14-16(23)22-17(25)26-14)15(13(21)6-10)24-7-8-1-2-11(19)12(20)3-8/h1-6H,7H2,(H,22,23,25)/b14-5+. The van der Waals surface area contributed by atoms with Crippen molar-refractivity contribution in [2.24, 2.45) is 0 Å². The van der Waals surface area contributed by atoms with E-state index in [0.717, 1.165) is 5.56 Å². The second kappa shape index (κ2) is 8.38. The van der Waals surface area contributed by atoms with Crippen LogP contribution in [0.4, 0.5) is 0 Å². The van der Waals surface area contributed by atoms with Gasteiger partial charge >= 0.3 is 0 Å². The number of hydrogen-bond acceptors (Lipinski definition) is 4. The maximum atomic E-state index is 11.9. The van der Waals surface area contributed by atoms with Gasteiger partial charge in [-0.2, -0.15) is 0 Å². The first-order valence-electron chi connectivity index (χ1n) is 7.14. The number of ether oxygens (including phenoxy) is 1. The normalized spacial score (nSPS) is 15.5. The molecule has 0 atom stereocenters. The van der Waals surface area contributed by atoms with Crippen LogP contribution in [-0.4, -0.2) is 10.2 Å². The van der Waals surface area contributed by atoms with Crippen LogP contribution < -0.4 is 10.1 Å². The summed E-state index contributed by atoms with van der Waals surface area (Å²) >= 11 is 30.5. The fourth-order valence-electron chi connectivity index (χ4n) is 2.19. The molecule has 1 fully saturated rings. The van der Waals surface area contributed by atoms with Gasteiger partial charge in [-0.15, -0.1) is 0 Å². The molecule has 0 radical (unpaired) electrons. The van der Waals surface area contributed by atoms with Crippen molar-refractivity contribution in [3.8, 4) is 5.75 Å². The van der Waals surface area contributed by atoms with E-state index in [2.05, 4.69) is 5.32 Å². The van der Waals surface area contributed by atoms with Crippen molar-refractivity contribution in [2.75, 3.05) is 0 Å². The van der Waals surface area contributed by atoms with Crippen LogP contribution in [0.2, 0.25) is 20.1 Å². The Labute approximate surface area is 179 Å². The van der Waals surface area contributed by atoms with E-state index in [-0.39, 0.29) is 12.5 Å². The van der Waals surface area contributed by atoms with Crippen LogP contribution in [0.3, 0.4) is 0 Å². The van der Waals surface area contributed by atoms with Crippen molar-refractivity contribution < 1.29 is 9.53 Å². The van der Waals surface area contributed by atoms with Crippen molar-refractivity contribution in [3.05, 3.63) is 66.5 Å². The molecule has 0 saturated carbocycles. The Morgan fingerprint density at radius 2 is 1.85 bits per heavy atom. The summed E-state index contributed by atoms with van der Waals surface area (Å²) < 4.78 is 6.26. The summed E-state index contributed by atoms with van der Waals surface area (Å²) in [6.45, 7) is 0.214. The summed E-state index contributed by atoms with van der Waals surface area (Å²) in [7, 11) is 0. The third-order valence-corrected chi connectivity index (χ3v) is 5.73. The number of hydrogen-bond donors (Lipinski definition) is 1. The molecule has 0 bridgehead atoms. The zero-order valence-electron chi connectivity index (χ0n) is 12.8. The Morgan fingerprint density at radius 1 is 1.08 bits per heavy atom. The van der Waals surface area contributed by atoms with Gasteiger partial charge in [0.15, 0.2) is 0 Å². The van der Waals surface area contributed by atoms with Crippen LogP contribution in [0.1, 0.15) is 11.1 Å². The summed E-state index contributed by atoms with van der Waals surface area (Å²) in [4.78, 5) is 12.3. The van der Waals surface area contributed by atoms with E-state index < -0.39 is 0 Å². The van der Waals surface area contributed by atoms with Crippen molar-refractivity contribution in [3.63, 3.8) is 0 Å². The fourth-order valence-corrected chi connectivity index (χ4v) is 4.11. The number of thioether (sulfide) groups is 1. The second-order valence-corrected chi connectivity index (χ2v) is 8.57. The highest BCUT2D eigenvalue weighted by Crippen LogP contribution is 2.37. The maximum absolute atomic E-state index is 11.9.